The van der Waals surface area contributed by atoms with Crippen LogP contribution in [0.4, 0.5) is 0 Å². The SMILES string of the molecule is CC1(C)CCN(C2CCCCC2C#N)CC1. The van der Waals surface area contributed by atoms with Gasteiger partial charge in [-0.05, 0) is 44.2 Å². The molecule has 2 fully saturated rings. The predicted octanol–water partition coefficient (Wildman–Crippen LogP) is 3.19. The van der Waals surface area contributed by atoms with Crippen molar-refractivity contribution in [1.82, 2.24) is 4.90 Å². The van der Waals surface area contributed by atoms with E-state index in [1.807, 2.05) is 0 Å². The Morgan fingerprint density at radius 3 is 2.38 bits per heavy atom. The predicted molar refractivity (Wildman–Crippen MR) is 65.9 cm³/mol. The highest BCUT2D eigenvalue weighted by atomic mass is 15.2. The van der Waals surface area contributed by atoms with Gasteiger partial charge < -0.3 is 0 Å². The maximum atomic E-state index is 9.22. The summed E-state index contributed by atoms with van der Waals surface area (Å²) in [7, 11) is 0. The van der Waals surface area contributed by atoms with Gasteiger partial charge in [0.1, 0.15) is 0 Å². The normalized spacial score (nSPS) is 35.6. The monoisotopic (exact) mass is 220 g/mol. The van der Waals surface area contributed by atoms with Crippen LogP contribution in [0.2, 0.25) is 0 Å². The standard InChI is InChI=1S/C14H24N2/c1-14(2)7-9-16(10-8-14)13-6-4-3-5-12(13)11-15/h12-13H,3-10H2,1-2H3. The molecule has 0 aromatic rings. The highest BCUT2D eigenvalue weighted by Crippen LogP contribution is 2.35. The van der Waals surface area contributed by atoms with Crippen molar-refractivity contribution in [3.8, 4) is 6.07 Å². The van der Waals surface area contributed by atoms with Crippen LogP contribution in [0, 0.1) is 22.7 Å². The largest absolute Gasteiger partial charge is 0.299 e. The van der Waals surface area contributed by atoms with Crippen LogP contribution in [0.15, 0.2) is 0 Å². The van der Waals surface area contributed by atoms with E-state index in [-0.39, 0.29) is 0 Å². The van der Waals surface area contributed by atoms with Gasteiger partial charge in [0.2, 0.25) is 0 Å². The third-order valence-electron chi connectivity index (χ3n) is 4.52. The zero-order valence-corrected chi connectivity index (χ0v) is 10.7. The van der Waals surface area contributed by atoms with Crippen LogP contribution in [-0.4, -0.2) is 24.0 Å². The van der Waals surface area contributed by atoms with E-state index < -0.39 is 0 Å². The minimum Gasteiger partial charge on any atom is -0.299 e. The molecule has 0 aromatic carbocycles. The van der Waals surface area contributed by atoms with E-state index in [2.05, 4.69) is 24.8 Å². The molecular formula is C14H24N2. The Bertz CT molecular complexity index is 267. The number of rotatable bonds is 1. The number of likely N-dealkylation sites (tertiary alicyclic amines) is 1. The molecule has 0 amide bonds. The molecule has 2 unspecified atom stereocenters. The summed E-state index contributed by atoms with van der Waals surface area (Å²) < 4.78 is 0. The van der Waals surface area contributed by atoms with E-state index in [4.69, 9.17) is 0 Å². The third-order valence-corrected chi connectivity index (χ3v) is 4.52. The van der Waals surface area contributed by atoms with Crippen LogP contribution >= 0.6 is 0 Å². The molecule has 0 bridgehead atoms. The molecule has 90 valence electrons. The lowest BCUT2D eigenvalue weighted by molar-refractivity contribution is 0.0601. The van der Waals surface area contributed by atoms with Gasteiger partial charge in [0, 0.05) is 6.04 Å². The Balaban J connectivity index is 1.95. The quantitative estimate of drug-likeness (QED) is 0.678. The Morgan fingerprint density at radius 2 is 1.75 bits per heavy atom. The Morgan fingerprint density at radius 1 is 1.12 bits per heavy atom. The van der Waals surface area contributed by atoms with Crippen LogP contribution in [0.1, 0.15) is 52.4 Å². The molecule has 0 spiro atoms. The molecule has 2 aliphatic rings. The fourth-order valence-electron chi connectivity index (χ4n) is 3.16. The number of hydrogen-bond acceptors (Lipinski definition) is 2. The molecule has 1 aliphatic carbocycles. The lowest BCUT2D eigenvalue weighted by Crippen LogP contribution is -2.47. The number of nitrogens with zero attached hydrogens (tertiary/aromatic N) is 2. The molecule has 0 aromatic heterocycles. The van der Waals surface area contributed by atoms with Gasteiger partial charge in [0.15, 0.2) is 0 Å². The first-order chi connectivity index (χ1) is 7.62. The zero-order chi connectivity index (χ0) is 11.6. The van der Waals surface area contributed by atoms with Gasteiger partial charge in [-0.1, -0.05) is 26.7 Å². The molecule has 1 saturated carbocycles. The van der Waals surface area contributed by atoms with E-state index in [1.165, 1.54) is 45.2 Å². The van der Waals surface area contributed by atoms with Crippen molar-refractivity contribution in [1.29, 1.82) is 5.26 Å². The van der Waals surface area contributed by atoms with E-state index in [0.29, 0.717) is 17.4 Å². The van der Waals surface area contributed by atoms with Crippen molar-refractivity contribution in [2.24, 2.45) is 11.3 Å². The Kier molecular flexibility index (Phi) is 3.54. The van der Waals surface area contributed by atoms with Crippen molar-refractivity contribution < 1.29 is 0 Å². The van der Waals surface area contributed by atoms with E-state index in [9.17, 15) is 5.26 Å². The molecule has 2 heteroatoms. The lowest BCUT2D eigenvalue weighted by Gasteiger charge is -2.43. The second kappa shape index (κ2) is 4.75. The first-order valence-corrected chi connectivity index (χ1v) is 6.76. The highest BCUT2D eigenvalue weighted by Gasteiger charge is 2.34. The van der Waals surface area contributed by atoms with Gasteiger partial charge in [0.25, 0.3) is 0 Å². The van der Waals surface area contributed by atoms with E-state index in [0.717, 1.165) is 6.42 Å². The molecule has 2 nitrogen and oxygen atoms in total. The molecule has 1 heterocycles. The lowest BCUT2D eigenvalue weighted by atomic mass is 9.79. The van der Waals surface area contributed by atoms with Gasteiger partial charge >= 0.3 is 0 Å². The average molecular weight is 220 g/mol. The molecule has 0 radical (unpaired) electrons. The summed E-state index contributed by atoms with van der Waals surface area (Å²) in [5, 5.41) is 9.22. The zero-order valence-electron chi connectivity index (χ0n) is 10.7. The first-order valence-electron chi connectivity index (χ1n) is 6.76. The Labute approximate surface area is 99.6 Å². The maximum Gasteiger partial charge on any atom is 0.0672 e. The highest BCUT2D eigenvalue weighted by molar-refractivity contribution is 4.97. The van der Waals surface area contributed by atoms with Crippen LogP contribution in [0.25, 0.3) is 0 Å². The van der Waals surface area contributed by atoms with Crippen LogP contribution in [-0.2, 0) is 0 Å². The molecule has 1 saturated heterocycles. The van der Waals surface area contributed by atoms with Crippen LogP contribution < -0.4 is 0 Å². The summed E-state index contributed by atoms with van der Waals surface area (Å²) in [6.07, 6.45) is 7.54. The minimum atomic E-state index is 0.301. The second-order valence-corrected chi connectivity index (χ2v) is 6.29. The van der Waals surface area contributed by atoms with Crippen molar-refractivity contribution in [2.45, 2.75) is 58.4 Å². The van der Waals surface area contributed by atoms with E-state index in [1.54, 1.807) is 0 Å². The van der Waals surface area contributed by atoms with Gasteiger partial charge in [-0.15, -0.1) is 0 Å². The van der Waals surface area contributed by atoms with Gasteiger partial charge in [0.05, 0.1) is 12.0 Å². The number of piperidine rings is 1. The minimum absolute atomic E-state index is 0.301. The fraction of sp³-hybridized carbons (Fsp3) is 0.929. The van der Waals surface area contributed by atoms with Crippen molar-refractivity contribution in [2.75, 3.05) is 13.1 Å². The smallest absolute Gasteiger partial charge is 0.0672 e. The van der Waals surface area contributed by atoms with Gasteiger partial charge in [-0.3, -0.25) is 4.90 Å². The maximum absolute atomic E-state index is 9.22. The summed E-state index contributed by atoms with van der Waals surface area (Å²) >= 11 is 0. The summed E-state index contributed by atoms with van der Waals surface area (Å²) in [6, 6.07) is 3.10. The van der Waals surface area contributed by atoms with Gasteiger partial charge in [-0.25, -0.2) is 0 Å². The molecule has 2 rings (SSSR count). The van der Waals surface area contributed by atoms with Crippen LogP contribution in [0.3, 0.4) is 0 Å². The summed E-state index contributed by atoms with van der Waals surface area (Å²) in [5.41, 5.74) is 0.521. The molecule has 16 heavy (non-hydrogen) atoms. The third kappa shape index (κ3) is 2.58. The average Bonchev–Trinajstić information content (AvgIpc) is 2.29. The summed E-state index contributed by atoms with van der Waals surface area (Å²) in [6.45, 7) is 7.14. The number of hydrogen-bond donors (Lipinski definition) is 0. The topological polar surface area (TPSA) is 27.0 Å². The van der Waals surface area contributed by atoms with Crippen LogP contribution in [0.5, 0.6) is 0 Å². The van der Waals surface area contributed by atoms with Crippen molar-refractivity contribution in [3.05, 3.63) is 0 Å². The van der Waals surface area contributed by atoms with Crippen molar-refractivity contribution in [3.63, 3.8) is 0 Å². The fourth-order valence-corrected chi connectivity index (χ4v) is 3.16. The van der Waals surface area contributed by atoms with Crippen molar-refractivity contribution >= 4 is 0 Å². The molecular weight excluding hydrogens is 196 g/mol. The van der Waals surface area contributed by atoms with E-state index >= 15 is 0 Å². The molecule has 0 N–H and O–H groups in total. The molecule has 1 aliphatic heterocycles. The van der Waals surface area contributed by atoms with Gasteiger partial charge in [-0.2, -0.15) is 5.26 Å². The second-order valence-electron chi connectivity index (χ2n) is 6.29. The summed E-state index contributed by atoms with van der Waals surface area (Å²) in [4.78, 5) is 2.60. The Hall–Kier alpha value is -0.550. The first kappa shape index (κ1) is 11.9. The number of nitriles is 1. The molecule has 2 atom stereocenters. The summed E-state index contributed by atoms with van der Waals surface area (Å²) in [5.74, 6) is 0.301.